The molecule has 0 heterocycles. The molecule has 0 aromatic heterocycles. The van der Waals surface area contributed by atoms with Gasteiger partial charge >= 0.3 is 5.97 Å². The quantitative estimate of drug-likeness (QED) is 0.136. The molecular formula is C24H42O2S. The molecule has 0 amide bonds. The monoisotopic (exact) mass is 394 g/mol. The predicted octanol–water partition coefficient (Wildman–Crippen LogP) is 7.65. The van der Waals surface area contributed by atoms with Crippen LogP contribution in [0.1, 0.15) is 91.4 Å². The van der Waals surface area contributed by atoms with Gasteiger partial charge in [-0.2, -0.15) is 0 Å². The number of hydrogen-bond donors (Lipinski definition) is 0. The Hall–Kier alpha value is -0.960. The van der Waals surface area contributed by atoms with Gasteiger partial charge < -0.3 is 4.74 Å². The average Bonchev–Trinajstić information content (AvgIpc) is 2.67. The molecular weight excluding hydrogens is 352 g/mol. The molecule has 1 atom stereocenters. The van der Waals surface area contributed by atoms with Crippen LogP contribution in [0.4, 0.5) is 0 Å². The summed E-state index contributed by atoms with van der Waals surface area (Å²) in [6.07, 6.45) is 26.5. The summed E-state index contributed by atoms with van der Waals surface area (Å²) < 4.78 is 5.16. The molecule has 0 bridgehead atoms. The first-order valence-corrected chi connectivity index (χ1v) is 12.0. The molecule has 0 fully saturated rings. The Morgan fingerprint density at radius 2 is 1.41 bits per heavy atom. The SMILES string of the molecule is CC/C=C\C/C=C\C/C=C\CCCCCCCCC(SCC)C(=O)OCC. The zero-order valence-electron chi connectivity index (χ0n) is 18.0. The van der Waals surface area contributed by atoms with Gasteiger partial charge in [-0.05, 0) is 51.2 Å². The number of hydrogen-bond acceptors (Lipinski definition) is 3. The molecule has 0 aromatic carbocycles. The largest absolute Gasteiger partial charge is 0.465 e. The Bertz CT molecular complexity index is 413. The Kier molecular flexibility index (Phi) is 20.6. The van der Waals surface area contributed by atoms with Crippen molar-refractivity contribution in [3.63, 3.8) is 0 Å². The lowest BCUT2D eigenvalue weighted by Crippen LogP contribution is -2.20. The van der Waals surface area contributed by atoms with E-state index in [-0.39, 0.29) is 11.2 Å². The van der Waals surface area contributed by atoms with Crippen LogP contribution in [0.3, 0.4) is 0 Å². The third-order valence-electron chi connectivity index (χ3n) is 4.28. The predicted molar refractivity (Wildman–Crippen MR) is 122 cm³/mol. The van der Waals surface area contributed by atoms with Gasteiger partial charge in [0.25, 0.3) is 0 Å². The van der Waals surface area contributed by atoms with E-state index in [1.54, 1.807) is 11.8 Å². The van der Waals surface area contributed by atoms with Crippen LogP contribution in [0.2, 0.25) is 0 Å². The van der Waals surface area contributed by atoms with Crippen LogP contribution >= 0.6 is 11.8 Å². The fraction of sp³-hybridized carbons (Fsp3) is 0.708. The molecule has 0 aliphatic rings. The normalized spacial score (nSPS) is 13.1. The van der Waals surface area contributed by atoms with Crippen molar-refractivity contribution in [1.82, 2.24) is 0 Å². The highest BCUT2D eigenvalue weighted by Crippen LogP contribution is 2.20. The van der Waals surface area contributed by atoms with Crippen molar-refractivity contribution in [1.29, 1.82) is 0 Å². The van der Waals surface area contributed by atoms with Crippen LogP contribution in [0, 0.1) is 0 Å². The fourth-order valence-corrected chi connectivity index (χ4v) is 3.77. The van der Waals surface area contributed by atoms with E-state index >= 15 is 0 Å². The van der Waals surface area contributed by atoms with Gasteiger partial charge in [-0.3, -0.25) is 4.79 Å². The molecule has 0 aliphatic carbocycles. The first-order chi connectivity index (χ1) is 13.3. The number of carbonyl (C=O) groups is 1. The highest BCUT2D eigenvalue weighted by Gasteiger charge is 2.18. The summed E-state index contributed by atoms with van der Waals surface area (Å²) in [5.74, 6) is 0.950. The average molecular weight is 395 g/mol. The van der Waals surface area contributed by atoms with E-state index in [1.165, 1.54) is 38.5 Å². The maximum atomic E-state index is 11.9. The van der Waals surface area contributed by atoms with Crippen molar-refractivity contribution < 1.29 is 9.53 Å². The Balaban J connectivity index is 3.51. The van der Waals surface area contributed by atoms with Crippen molar-refractivity contribution in [2.45, 2.75) is 96.7 Å². The summed E-state index contributed by atoms with van der Waals surface area (Å²) in [5.41, 5.74) is 0. The number of allylic oxidation sites excluding steroid dienone is 6. The lowest BCUT2D eigenvalue weighted by molar-refractivity contribution is -0.142. The number of thioether (sulfide) groups is 1. The van der Waals surface area contributed by atoms with Gasteiger partial charge in [0.2, 0.25) is 0 Å². The minimum Gasteiger partial charge on any atom is -0.465 e. The van der Waals surface area contributed by atoms with Gasteiger partial charge in [-0.15, -0.1) is 11.8 Å². The maximum absolute atomic E-state index is 11.9. The minimum absolute atomic E-state index is 0.0246. The van der Waals surface area contributed by atoms with E-state index < -0.39 is 0 Å². The van der Waals surface area contributed by atoms with Gasteiger partial charge in [0.1, 0.15) is 5.25 Å². The van der Waals surface area contributed by atoms with Crippen molar-refractivity contribution in [2.75, 3.05) is 12.4 Å². The second-order valence-corrected chi connectivity index (χ2v) is 8.17. The fourth-order valence-electron chi connectivity index (χ4n) is 2.83. The first kappa shape index (κ1) is 26.0. The molecule has 2 nitrogen and oxygen atoms in total. The van der Waals surface area contributed by atoms with Crippen molar-refractivity contribution >= 4 is 17.7 Å². The molecule has 1 unspecified atom stereocenters. The van der Waals surface area contributed by atoms with Crippen molar-refractivity contribution in [3.8, 4) is 0 Å². The lowest BCUT2D eigenvalue weighted by atomic mass is 10.1. The van der Waals surface area contributed by atoms with E-state index in [1.807, 2.05) is 6.92 Å². The Morgan fingerprint density at radius 3 is 2.04 bits per heavy atom. The van der Waals surface area contributed by atoms with Gasteiger partial charge in [-0.1, -0.05) is 82.4 Å². The first-order valence-electron chi connectivity index (χ1n) is 11.0. The lowest BCUT2D eigenvalue weighted by Gasteiger charge is -2.14. The molecule has 0 saturated heterocycles. The van der Waals surface area contributed by atoms with Crippen LogP contribution < -0.4 is 0 Å². The van der Waals surface area contributed by atoms with Gasteiger partial charge in [0, 0.05) is 0 Å². The highest BCUT2D eigenvalue weighted by molar-refractivity contribution is 8.00. The van der Waals surface area contributed by atoms with E-state index in [0.29, 0.717) is 6.61 Å². The minimum atomic E-state index is -0.0246. The van der Waals surface area contributed by atoms with Crippen molar-refractivity contribution in [2.24, 2.45) is 0 Å². The third kappa shape index (κ3) is 18.2. The molecule has 0 N–H and O–H groups in total. The zero-order chi connectivity index (χ0) is 20.0. The zero-order valence-corrected chi connectivity index (χ0v) is 18.8. The number of unbranched alkanes of at least 4 members (excludes halogenated alkanes) is 6. The van der Waals surface area contributed by atoms with E-state index in [0.717, 1.165) is 37.9 Å². The topological polar surface area (TPSA) is 26.3 Å². The summed E-state index contributed by atoms with van der Waals surface area (Å²) in [5, 5.41) is 0.0387. The van der Waals surface area contributed by atoms with Gasteiger partial charge in [-0.25, -0.2) is 0 Å². The molecule has 0 aliphatic heterocycles. The number of esters is 1. The Labute approximate surface area is 172 Å². The number of rotatable bonds is 18. The second-order valence-electron chi connectivity index (χ2n) is 6.69. The maximum Gasteiger partial charge on any atom is 0.319 e. The molecule has 156 valence electrons. The molecule has 0 spiro atoms. The standard InChI is InChI=1S/C24H42O2S/c1-4-7-8-9-10-11-12-13-14-15-16-17-18-19-20-21-22-23(27-6-3)24(25)26-5-2/h7-8,10-11,13-14,23H,4-6,9,12,15-22H2,1-3H3/b8-7-,11-10-,14-13-. The molecule has 0 rings (SSSR count). The van der Waals surface area contributed by atoms with E-state index in [9.17, 15) is 4.79 Å². The van der Waals surface area contributed by atoms with Crippen molar-refractivity contribution in [3.05, 3.63) is 36.5 Å². The molecule has 27 heavy (non-hydrogen) atoms. The van der Waals surface area contributed by atoms with Crippen LogP contribution in [-0.4, -0.2) is 23.6 Å². The summed E-state index contributed by atoms with van der Waals surface area (Å²) in [7, 11) is 0. The third-order valence-corrected chi connectivity index (χ3v) is 5.45. The molecule has 3 heteroatoms. The smallest absolute Gasteiger partial charge is 0.319 e. The van der Waals surface area contributed by atoms with Gasteiger partial charge in [0.15, 0.2) is 0 Å². The van der Waals surface area contributed by atoms with Crippen LogP contribution in [0.25, 0.3) is 0 Å². The number of carbonyl (C=O) groups excluding carboxylic acids is 1. The molecule has 0 radical (unpaired) electrons. The molecule has 0 saturated carbocycles. The highest BCUT2D eigenvalue weighted by atomic mass is 32.2. The summed E-state index contributed by atoms with van der Waals surface area (Å²) in [4.78, 5) is 11.9. The summed E-state index contributed by atoms with van der Waals surface area (Å²) in [6, 6.07) is 0. The summed E-state index contributed by atoms with van der Waals surface area (Å²) in [6.45, 7) is 6.63. The Morgan fingerprint density at radius 1 is 0.815 bits per heavy atom. The van der Waals surface area contributed by atoms with E-state index in [4.69, 9.17) is 4.74 Å². The van der Waals surface area contributed by atoms with Crippen LogP contribution in [0.15, 0.2) is 36.5 Å². The van der Waals surface area contributed by atoms with Gasteiger partial charge in [0.05, 0.1) is 6.61 Å². The van der Waals surface area contributed by atoms with Crippen LogP contribution in [0.5, 0.6) is 0 Å². The summed E-state index contributed by atoms with van der Waals surface area (Å²) >= 11 is 1.72. The second kappa shape index (κ2) is 21.3. The molecule has 0 aromatic rings. The van der Waals surface area contributed by atoms with Crippen LogP contribution in [-0.2, 0) is 9.53 Å². The number of ether oxygens (including phenoxy) is 1. The van der Waals surface area contributed by atoms with E-state index in [2.05, 4.69) is 50.3 Å².